The first-order valence-corrected chi connectivity index (χ1v) is 13.1. The van der Waals surface area contributed by atoms with Crippen molar-refractivity contribution in [3.8, 4) is 0 Å². The predicted molar refractivity (Wildman–Crippen MR) is 139 cm³/mol. The molecule has 0 bridgehead atoms. The number of piperidine rings is 1. The Morgan fingerprint density at radius 1 is 1.20 bits per heavy atom. The van der Waals surface area contributed by atoms with Crippen molar-refractivity contribution in [1.82, 2.24) is 19.8 Å². The Morgan fingerprint density at radius 3 is 2.74 bits per heavy atom. The smallest absolute Gasteiger partial charge is 0.313 e. The molecular formula is C26H32N6O2S. The number of hydrogen-bond donors (Lipinski definition) is 2. The number of nitrogen functional groups attached to an aromatic ring is 1. The van der Waals surface area contributed by atoms with E-state index in [1.165, 1.54) is 15.9 Å². The highest BCUT2D eigenvalue weighted by atomic mass is 32.1. The number of nitrogens with two attached hydrogens (primary N) is 1. The van der Waals surface area contributed by atoms with Gasteiger partial charge in [-0.05, 0) is 61.6 Å². The molecule has 5 rings (SSSR count). The maximum Gasteiger partial charge on any atom is 0.313 e. The van der Waals surface area contributed by atoms with Gasteiger partial charge in [-0.25, -0.2) is 9.97 Å². The molecule has 2 aromatic heterocycles. The normalized spacial score (nSPS) is 21.2. The Kier molecular flexibility index (Phi) is 6.46. The lowest BCUT2D eigenvalue weighted by Gasteiger charge is -2.38. The number of fused-ring (bicyclic) bond motifs is 1. The third-order valence-corrected chi connectivity index (χ3v) is 8.34. The molecule has 2 atom stereocenters. The first-order chi connectivity index (χ1) is 16.8. The van der Waals surface area contributed by atoms with Crippen LogP contribution in [0.15, 0.2) is 30.5 Å². The number of thiazole rings is 1. The molecule has 2 aliphatic heterocycles. The minimum absolute atomic E-state index is 0.149. The number of aromatic nitrogens is 2. The molecule has 2 amide bonds. The van der Waals surface area contributed by atoms with Gasteiger partial charge in [-0.1, -0.05) is 19.9 Å². The first kappa shape index (κ1) is 23.7. The summed E-state index contributed by atoms with van der Waals surface area (Å²) in [6.07, 6.45) is 4.01. The Morgan fingerprint density at radius 2 is 2.00 bits per heavy atom. The number of nitrogens with zero attached hydrogens (tertiary/aromatic N) is 4. The van der Waals surface area contributed by atoms with Crippen LogP contribution in [0.3, 0.4) is 0 Å². The lowest BCUT2D eigenvalue weighted by molar-refractivity contribution is -0.146. The highest BCUT2D eigenvalue weighted by Gasteiger charge is 2.35. The maximum atomic E-state index is 13.3. The molecule has 3 N–H and O–H groups in total. The van der Waals surface area contributed by atoms with Gasteiger partial charge >= 0.3 is 11.8 Å². The van der Waals surface area contributed by atoms with Crippen molar-refractivity contribution in [3.05, 3.63) is 46.6 Å². The number of benzene rings is 1. The van der Waals surface area contributed by atoms with Crippen molar-refractivity contribution in [3.63, 3.8) is 0 Å². The van der Waals surface area contributed by atoms with Gasteiger partial charge in [0.05, 0.1) is 33.2 Å². The van der Waals surface area contributed by atoms with E-state index in [9.17, 15) is 9.59 Å². The van der Waals surface area contributed by atoms with Crippen molar-refractivity contribution in [1.29, 1.82) is 0 Å². The van der Waals surface area contributed by atoms with Gasteiger partial charge in [-0.2, -0.15) is 0 Å². The van der Waals surface area contributed by atoms with E-state index in [0.717, 1.165) is 42.6 Å². The number of rotatable bonds is 4. The maximum absolute atomic E-state index is 13.3. The van der Waals surface area contributed by atoms with Crippen LogP contribution in [0.25, 0.3) is 10.2 Å². The van der Waals surface area contributed by atoms with Crippen molar-refractivity contribution >= 4 is 44.9 Å². The fraction of sp³-hybridized carbons (Fsp3) is 0.462. The lowest BCUT2D eigenvalue weighted by atomic mass is 9.89. The standard InChI is InChI=1S/C26H32N6O2S/c1-4-16-9-19(11-28-23(16)27)29-24(33)26(34)32-12-15(2)5-7-21(32)17-6-8-22-20(10-17)30-25(35-22)18-13-31(3)14-18/h6,8-11,15,18,21H,4-5,7,12-14H2,1-3H3,(H2,27,28)(H,29,33)/t15-,21+/m0/s1. The molecule has 1 aromatic carbocycles. The van der Waals surface area contributed by atoms with Gasteiger partial charge in [0, 0.05) is 25.6 Å². The summed E-state index contributed by atoms with van der Waals surface area (Å²) in [7, 11) is 2.13. The summed E-state index contributed by atoms with van der Waals surface area (Å²) in [5.74, 6) is 0.107. The second-order valence-corrected chi connectivity index (χ2v) is 11.0. The molecule has 0 radical (unpaired) electrons. The fourth-order valence-corrected chi connectivity index (χ4v) is 6.14. The number of nitrogens with one attached hydrogen (secondary N) is 1. The number of carbonyl (C=O) groups excluding carboxylic acids is 2. The molecule has 35 heavy (non-hydrogen) atoms. The van der Waals surface area contributed by atoms with Gasteiger partial charge < -0.3 is 20.9 Å². The molecule has 4 heterocycles. The molecular weight excluding hydrogens is 460 g/mol. The zero-order valence-electron chi connectivity index (χ0n) is 20.5. The number of amides is 2. The van der Waals surface area contributed by atoms with E-state index in [2.05, 4.69) is 47.4 Å². The molecule has 2 saturated heterocycles. The molecule has 0 saturated carbocycles. The monoisotopic (exact) mass is 492 g/mol. The third-order valence-electron chi connectivity index (χ3n) is 7.14. The van der Waals surface area contributed by atoms with E-state index in [0.29, 0.717) is 36.3 Å². The van der Waals surface area contributed by atoms with Gasteiger partial charge in [0.2, 0.25) is 0 Å². The first-order valence-electron chi connectivity index (χ1n) is 12.3. The zero-order valence-corrected chi connectivity index (χ0v) is 21.3. The summed E-state index contributed by atoms with van der Waals surface area (Å²) in [6.45, 7) is 6.74. The molecule has 9 heteroatoms. The van der Waals surface area contributed by atoms with E-state index < -0.39 is 11.8 Å². The predicted octanol–water partition coefficient (Wildman–Crippen LogP) is 3.80. The molecule has 8 nitrogen and oxygen atoms in total. The van der Waals surface area contributed by atoms with Crippen LogP contribution in [-0.4, -0.2) is 58.3 Å². The molecule has 0 spiro atoms. The highest BCUT2D eigenvalue weighted by molar-refractivity contribution is 7.18. The van der Waals surface area contributed by atoms with Gasteiger partial charge in [-0.15, -0.1) is 11.3 Å². The van der Waals surface area contributed by atoms with Crippen LogP contribution in [-0.2, 0) is 16.0 Å². The minimum Gasteiger partial charge on any atom is -0.383 e. The third kappa shape index (κ3) is 4.75. The van der Waals surface area contributed by atoms with Crippen molar-refractivity contribution in [2.75, 3.05) is 37.7 Å². The summed E-state index contributed by atoms with van der Waals surface area (Å²) in [5, 5.41) is 3.91. The topological polar surface area (TPSA) is 104 Å². The largest absolute Gasteiger partial charge is 0.383 e. The number of likely N-dealkylation sites (tertiary alicyclic amines) is 2. The number of pyridine rings is 1. The number of aryl methyl sites for hydroxylation is 1. The van der Waals surface area contributed by atoms with Gasteiger partial charge in [-0.3, -0.25) is 9.59 Å². The van der Waals surface area contributed by atoms with Crippen LogP contribution in [0, 0.1) is 5.92 Å². The molecule has 3 aromatic rings. The van der Waals surface area contributed by atoms with E-state index in [4.69, 9.17) is 10.7 Å². The summed E-state index contributed by atoms with van der Waals surface area (Å²) < 4.78 is 1.17. The molecule has 184 valence electrons. The number of hydrogen-bond acceptors (Lipinski definition) is 7. The van der Waals surface area contributed by atoms with E-state index in [1.54, 1.807) is 22.3 Å². The Balaban J connectivity index is 1.36. The molecule has 2 fully saturated rings. The zero-order chi connectivity index (χ0) is 24.7. The SMILES string of the molecule is CCc1cc(NC(=O)C(=O)N2C[C@@H](C)CC[C@@H]2c2ccc3sc(C4CN(C)C4)nc3c2)cnc1N. The van der Waals surface area contributed by atoms with Crippen molar-refractivity contribution in [2.24, 2.45) is 5.92 Å². The Bertz CT molecular complexity index is 1270. The Labute approximate surface area is 209 Å². The quantitative estimate of drug-likeness (QED) is 0.537. The lowest BCUT2D eigenvalue weighted by Crippen LogP contribution is -2.46. The van der Waals surface area contributed by atoms with E-state index in [-0.39, 0.29) is 6.04 Å². The molecule has 0 unspecified atom stereocenters. The highest BCUT2D eigenvalue weighted by Crippen LogP contribution is 2.37. The van der Waals surface area contributed by atoms with Crippen molar-refractivity contribution < 1.29 is 9.59 Å². The molecule has 0 aliphatic carbocycles. The average molecular weight is 493 g/mol. The van der Waals surface area contributed by atoms with Crippen molar-refractivity contribution in [2.45, 2.75) is 45.1 Å². The number of anilines is 2. The summed E-state index contributed by atoms with van der Waals surface area (Å²) in [5.41, 5.74) is 9.21. The second-order valence-electron chi connectivity index (χ2n) is 9.93. The summed E-state index contributed by atoms with van der Waals surface area (Å²) in [6, 6.07) is 7.93. The van der Waals surface area contributed by atoms with Gasteiger partial charge in [0.1, 0.15) is 5.82 Å². The van der Waals surface area contributed by atoms with E-state index in [1.807, 2.05) is 6.92 Å². The van der Waals surface area contributed by atoms with Crippen LogP contribution < -0.4 is 11.1 Å². The second kappa shape index (κ2) is 9.54. The van der Waals surface area contributed by atoms with Gasteiger partial charge in [0.25, 0.3) is 0 Å². The van der Waals surface area contributed by atoms with Crippen LogP contribution >= 0.6 is 11.3 Å². The number of carbonyl (C=O) groups is 2. The van der Waals surface area contributed by atoms with Crippen LogP contribution in [0.5, 0.6) is 0 Å². The van der Waals surface area contributed by atoms with E-state index >= 15 is 0 Å². The number of likely N-dealkylation sites (N-methyl/N-ethyl adjacent to an activating group) is 1. The Hall–Kier alpha value is -3.04. The van der Waals surface area contributed by atoms with Crippen LogP contribution in [0.2, 0.25) is 0 Å². The van der Waals surface area contributed by atoms with Crippen LogP contribution in [0.1, 0.15) is 54.8 Å². The minimum atomic E-state index is -0.649. The van der Waals surface area contributed by atoms with Gasteiger partial charge in [0.15, 0.2) is 0 Å². The summed E-state index contributed by atoms with van der Waals surface area (Å²) >= 11 is 1.76. The molecule has 2 aliphatic rings. The summed E-state index contributed by atoms with van der Waals surface area (Å²) in [4.78, 5) is 39.4. The average Bonchev–Trinajstić information content (AvgIpc) is 3.25. The van der Waals surface area contributed by atoms with Crippen LogP contribution in [0.4, 0.5) is 11.5 Å². The fourth-order valence-electron chi connectivity index (χ4n) is 5.11.